The lowest BCUT2D eigenvalue weighted by molar-refractivity contribution is 0.0947. The first-order valence-corrected chi connectivity index (χ1v) is 6.50. The zero-order chi connectivity index (χ0) is 13.8. The molecule has 2 aromatic rings. The molecule has 1 amide bonds. The first-order valence-electron chi connectivity index (χ1n) is 5.71. The van der Waals surface area contributed by atoms with E-state index in [1.807, 2.05) is 19.1 Å². The third-order valence-electron chi connectivity index (χ3n) is 2.60. The van der Waals surface area contributed by atoms with Crippen molar-refractivity contribution in [2.24, 2.45) is 0 Å². The van der Waals surface area contributed by atoms with E-state index in [0.717, 1.165) is 11.3 Å². The number of benzene rings is 1. The Morgan fingerprint density at radius 2 is 2.16 bits per heavy atom. The molecule has 0 radical (unpaired) electrons. The largest absolute Gasteiger partial charge is 0.348 e. The van der Waals surface area contributed by atoms with Crippen LogP contribution in [0.4, 0.5) is 4.39 Å². The summed E-state index contributed by atoms with van der Waals surface area (Å²) in [5, 5.41) is 2.66. The van der Waals surface area contributed by atoms with Crippen molar-refractivity contribution in [3.8, 4) is 0 Å². The van der Waals surface area contributed by atoms with E-state index in [4.69, 9.17) is 0 Å². The fraction of sp³-hybridized carbons (Fsp3) is 0.143. The summed E-state index contributed by atoms with van der Waals surface area (Å²) in [6.07, 6.45) is 1.69. The van der Waals surface area contributed by atoms with Gasteiger partial charge in [0, 0.05) is 22.9 Å². The molecule has 19 heavy (non-hydrogen) atoms. The summed E-state index contributed by atoms with van der Waals surface area (Å²) in [5.74, 6) is -0.984. The Kier molecular flexibility index (Phi) is 4.27. The second-order valence-electron chi connectivity index (χ2n) is 4.11. The lowest BCUT2D eigenvalue weighted by Gasteiger charge is -2.06. The minimum Gasteiger partial charge on any atom is -0.348 e. The molecule has 0 atom stereocenters. The Morgan fingerprint density at radius 3 is 2.84 bits per heavy atom. The fourth-order valence-electron chi connectivity index (χ4n) is 1.55. The summed E-state index contributed by atoms with van der Waals surface area (Å²) in [6.45, 7) is 2.21. The highest BCUT2D eigenvalue weighted by atomic mass is 79.9. The topological polar surface area (TPSA) is 42.0 Å². The number of carbonyl (C=O) groups excluding carboxylic acids is 1. The zero-order valence-electron chi connectivity index (χ0n) is 10.3. The molecule has 0 unspecified atom stereocenters. The summed E-state index contributed by atoms with van der Waals surface area (Å²) >= 11 is 3.21. The van der Waals surface area contributed by atoms with Crippen LogP contribution in [0, 0.1) is 12.7 Å². The van der Waals surface area contributed by atoms with Crippen LogP contribution in [0.5, 0.6) is 0 Å². The van der Waals surface area contributed by atoms with Crippen LogP contribution in [0.2, 0.25) is 0 Å². The minimum absolute atomic E-state index is 0.0226. The summed E-state index contributed by atoms with van der Waals surface area (Å²) < 4.78 is 14.2. The number of nitrogens with one attached hydrogen (secondary N) is 1. The molecule has 0 aliphatic heterocycles. The summed E-state index contributed by atoms with van der Waals surface area (Å²) in [5.41, 5.74) is 1.80. The van der Waals surface area contributed by atoms with E-state index in [9.17, 15) is 9.18 Å². The second-order valence-corrected chi connectivity index (χ2v) is 5.03. The van der Waals surface area contributed by atoms with E-state index >= 15 is 0 Å². The van der Waals surface area contributed by atoms with Crippen LogP contribution in [0.15, 0.2) is 41.0 Å². The number of amides is 1. The molecule has 1 aromatic carbocycles. The third kappa shape index (κ3) is 3.61. The number of carbonyl (C=O) groups is 1. The van der Waals surface area contributed by atoms with E-state index in [1.165, 1.54) is 12.1 Å². The smallest absolute Gasteiger partial charge is 0.254 e. The lowest BCUT2D eigenvalue weighted by atomic mass is 10.2. The number of hydrogen-bond donors (Lipinski definition) is 1. The zero-order valence-corrected chi connectivity index (χ0v) is 11.9. The summed E-state index contributed by atoms with van der Waals surface area (Å²) in [7, 11) is 0. The molecule has 2 rings (SSSR count). The van der Waals surface area contributed by atoms with Crippen molar-refractivity contribution in [1.82, 2.24) is 10.3 Å². The molecule has 0 bridgehead atoms. The fourth-order valence-corrected chi connectivity index (χ4v) is 1.91. The molecule has 0 aliphatic rings. The molecule has 5 heteroatoms. The van der Waals surface area contributed by atoms with E-state index in [0.29, 0.717) is 11.0 Å². The van der Waals surface area contributed by atoms with Crippen molar-refractivity contribution >= 4 is 21.8 Å². The number of pyridine rings is 1. The van der Waals surface area contributed by atoms with Gasteiger partial charge in [-0.1, -0.05) is 22.0 Å². The predicted octanol–water partition coefficient (Wildman–Crippen LogP) is 3.22. The van der Waals surface area contributed by atoms with Crippen molar-refractivity contribution in [2.75, 3.05) is 0 Å². The first kappa shape index (κ1) is 13.7. The van der Waals surface area contributed by atoms with Gasteiger partial charge >= 0.3 is 0 Å². The van der Waals surface area contributed by atoms with Crippen LogP contribution in [0.3, 0.4) is 0 Å². The van der Waals surface area contributed by atoms with Gasteiger partial charge in [0.1, 0.15) is 5.82 Å². The van der Waals surface area contributed by atoms with Crippen LogP contribution in [0.25, 0.3) is 0 Å². The van der Waals surface area contributed by atoms with Crippen LogP contribution >= 0.6 is 15.9 Å². The Labute approximate surface area is 119 Å². The normalized spacial score (nSPS) is 10.3. The molecule has 1 N–H and O–H groups in total. The monoisotopic (exact) mass is 322 g/mol. The Hall–Kier alpha value is -1.75. The maximum atomic E-state index is 13.5. The highest BCUT2D eigenvalue weighted by molar-refractivity contribution is 9.10. The molecule has 1 aromatic heterocycles. The second kappa shape index (κ2) is 5.93. The number of halogens is 2. The Morgan fingerprint density at radius 1 is 1.37 bits per heavy atom. The van der Waals surface area contributed by atoms with Gasteiger partial charge in [0.2, 0.25) is 0 Å². The average Bonchev–Trinajstić information content (AvgIpc) is 2.40. The molecule has 98 valence electrons. The average molecular weight is 323 g/mol. The van der Waals surface area contributed by atoms with Gasteiger partial charge in [0.15, 0.2) is 0 Å². The van der Waals surface area contributed by atoms with Gasteiger partial charge < -0.3 is 5.32 Å². The van der Waals surface area contributed by atoms with Gasteiger partial charge in [-0.25, -0.2) is 4.39 Å². The van der Waals surface area contributed by atoms with Crippen LogP contribution in [-0.2, 0) is 6.54 Å². The van der Waals surface area contributed by atoms with Gasteiger partial charge in [0.05, 0.1) is 5.56 Å². The van der Waals surface area contributed by atoms with Crippen molar-refractivity contribution in [1.29, 1.82) is 0 Å². The van der Waals surface area contributed by atoms with Gasteiger partial charge in [0.25, 0.3) is 5.91 Å². The molecule has 0 saturated carbocycles. The van der Waals surface area contributed by atoms with Crippen molar-refractivity contribution in [3.05, 3.63) is 63.6 Å². The quantitative estimate of drug-likeness (QED) is 0.942. The minimum atomic E-state index is -0.539. The number of aromatic nitrogens is 1. The molecule has 3 nitrogen and oxygen atoms in total. The van der Waals surface area contributed by atoms with Gasteiger partial charge in [-0.05, 0) is 36.8 Å². The van der Waals surface area contributed by atoms with Crippen LogP contribution in [-0.4, -0.2) is 10.9 Å². The molecule has 0 spiro atoms. The van der Waals surface area contributed by atoms with Gasteiger partial charge in [-0.15, -0.1) is 0 Å². The van der Waals surface area contributed by atoms with Crippen LogP contribution in [0.1, 0.15) is 21.6 Å². The third-order valence-corrected chi connectivity index (χ3v) is 3.09. The standard InChI is InChI=1S/C14H12BrFN2O/c1-9-2-3-10(7-17-9)8-18-14(19)12-6-11(15)4-5-13(12)16/h2-7H,8H2,1H3,(H,18,19). The first-order chi connectivity index (χ1) is 9.06. The van der Waals surface area contributed by atoms with Crippen molar-refractivity contribution in [3.63, 3.8) is 0 Å². The Balaban J connectivity index is 2.05. The number of nitrogens with zero attached hydrogens (tertiary/aromatic N) is 1. The molecule has 0 fully saturated rings. The number of hydrogen-bond acceptors (Lipinski definition) is 2. The van der Waals surface area contributed by atoms with Crippen molar-refractivity contribution in [2.45, 2.75) is 13.5 Å². The molecular formula is C14H12BrFN2O. The van der Waals surface area contributed by atoms with Gasteiger partial charge in [-0.2, -0.15) is 0 Å². The highest BCUT2D eigenvalue weighted by Gasteiger charge is 2.11. The van der Waals surface area contributed by atoms with Crippen LogP contribution < -0.4 is 5.32 Å². The maximum absolute atomic E-state index is 13.5. The predicted molar refractivity (Wildman–Crippen MR) is 74.2 cm³/mol. The number of rotatable bonds is 3. The van der Waals surface area contributed by atoms with Crippen molar-refractivity contribution < 1.29 is 9.18 Å². The summed E-state index contributed by atoms with van der Waals surface area (Å²) in [4.78, 5) is 16.0. The van der Waals surface area contributed by atoms with E-state index in [1.54, 1.807) is 12.3 Å². The SMILES string of the molecule is Cc1ccc(CNC(=O)c2cc(Br)ccc2F)cn1. The van der Waals surface area contributed by atoms with E-state index in [2.05, 4.69) is 26.2 Å². The van der Waals surface area contributed by atoms with Gasteiger partial charge in [-0.3, -0.25) is 9.78 Å². The Bertz CT molecular complexity index is 599. The molecule has 0 saturated heterocycles. The summed E-state index contributed by atoms with van der Waals surface area (Å²) in [6, 6.07) is 8.00. The molecular weight excluding hydrogens is 311 g/mol. The molecule has 1 heterocycles. The molecule has 0 aliphatic carbocycles. The van der Waals surface area contributed by atoms with E-state index in [-0.39, 0.29) is 5.56 Å². The maximum Gasteiger partial charge on any atom is 0.254 e. The van der Waals surface area contributed by atoms with E-state index < -0.39 is 11.7 Å². The lowest BCUT2D eigenvalue weighted by Crippen LogP contribution is -2.23. The highest BCUT2D eigenvalue weighted by Crippen LogP contribution is 2.15. The number of aryl methyl sites for hydroxylation is 1.